The van der Waals surface area contributed by atoms with Crippen LogP contribution in [0.3, 0.4) is 0 Å². The van der Waals surface area contributed by atoms with Gasteiger partial charge in [0.15, 0.2) is 23.9 Å². The number of aromatic nitrogens is 5. The molecule has 0 fully saturated rings. The highest BCUT2D eigenvalue weighted by molar-refractivity contribution is 6.01. The molecule has 0 spiro atoms. The van der Waals surface area contributed by atoms with Gasteiger partial charge in [-0.05, 0) is 23.8 Å². The maximum Gasteiger partial charge on any atom is 0.278 e. The highest BCUT2D eigenvalue weighted by Gasteiger charge is 2.14. The zero-order chi connectivity index (χ0) is 22.3. The van der Waals surface area contributed by atoms with Gasteiger partial charge in [-0.1, -0.05) is 36.4 Å². The van der Waals surface area contributed by atoms with Gasteiger partial charge < -0.3 is 14.2 Å². The molecule has 2 aromatic heterocycles. The number of carbonyl (C=O) groups excluding carboxylic acids is 1. The fourth-order valence-corrected chi connectivity index (χ4v) is 3.01. The summed E-state index contributed by atoms with van der Waals surface area (Å²) in [6.45, 7) is 0.621. The largest absolute Gasteiger partial charge is 0.493 e. The van der Waals surface area contributed by atoms with Crippen molar-refractivity contribution in [3.8, 4) is 17.2 Å². The first kappa shape index (κ1) is 20.9. The molecule has 10 nitrogen and oxygen atoms in total. The molecule has 0 bridgehead atoms. The average molecular weight is 434 g/mol. The minimum Gasteiger partial charge on any atom is -0.493 e. The number of nitrogens with one attached hydrogen (secondary N) is 1. The Morgan fingerprint density at radius 3 is 2.41 bits per heavy atom. The Morgan fingerprint density at radius 2 is 1.69 bits per heavy atom. The first-order chi connectivity index (χ1) is 15.7. The Morgan fingerprint density at radius 1 is 0.938 bits per heavy atom. The molecule has 0 radical (unpaired) electrons. The first-order valence-corrected chi connectivity index (χ1v) is 9.78. The second kappa shape index (κ2) is 9.65. The van der Waals surface area contributed by atoms with E-state index in [0.29, 0.717) is 23.8 Å². The number of carbonyl (C=O) groups is 1. The van der Waals surface area contributed by atoms with E-state index in [1.165, 1.54) is 4.68 Å². The van der Waals surface area contributed by atoms with Gasteiger partial charge in [0.1, 0.15) is 6.33 Å². The van der Waals surface area contributed by atoms with Crippen LogP contribution in [0.15, 0.2) is 67.1 Å². The molecule has 0 aliphatic carbocycles. The lowest BCUT2D eigenvalue weighted by Gasteiger charge is -2.13. The van der Waals surface area contributed by atoms with Crippen LogP contribution in [0.4, 0.5) is 5.95 Å². The lowest BCUT2D eigenvalue weighted by molar-refractivity contribution is 0.101. The molecular formula is C22H22N6O4. The van der Waals surface area contributed by atoms with Crippen molar-refractivity contribution in [2.45, 2.75) is 13.3 Å². The average Bonchev–Trinajstić information content (AvgIpc) is 3.47. The molecule has 0 saturated carbocycles. The SMILES string of the molecule is COc1cccc(OC)c1OCn1ccc(C(=O)Nc2ncn(Cc3ccccc3)n2)n1. The Labute approximate surface area is 184 Å². The molecule has 4 aromatic rings. The Bertz CT molecular complexity index is 1170. The Kier molecular flexibility index (Phi) is 6.30. The lowest BCUT2D eigenvalue weighted by atomic mass is 10.2. The van der Waals surface area contributed by atoms with Crippen molar-refractivity contribution in [2.75, 3.05) is 19.5 Å². The molecule has 2 aromatic carbocycles. The minimum absolute atomic E-state index is 0.0635. The van der Waals surface area contributed by atoms with Crippen LogP contribution in [-0.4, -0.2) is 44.7 Å². The summed E-state index contributed by atoms with van der Waals surface area (Å²) in [4.78, 5) is 16.6. The lowest BCUT2D eigenvalue weighted by Crippen LogP contribution is -2.15. The van der Waals surface area contributed by atoms with Crippen LogP contribution in [-0.2, 0) is 13.3 Å². The van der Waals surface area contributed by atoms with Gasteiger partial charge in [0.05, 0.1) is 20.8 Å². The summed E-state index contributed by atoms with van der Waals surface area (Å²) < 4.78 is 19.6. The van der Waals surface area contributed by atoms with Gasteiger partial charge in [0, 0.05) is 6.20 Å². The summed E-state index contributed by atoms with van der Waals surface area (Å²) in [5, 5.41) is 11.2. The summed E-state index contributed by atoms with van der Waals surface area (Å²) in [6, 6.07) is 16.8. The van der Waals surface area contributed by atoms with Crippen molar-refractivity contribution in [3.05, 3.63) is 78.4 Å². The number of benzene rings is 2. The predicted molar refractivity (Wildman–Crippen MR) is 116 cm³/mol. The molecule has 4 rings (SSSR count). The van der Waals surface area contributed by atoms with E-state index < -0.39 is 5.91 Å². The second-order valence-corrected chi connectivity index (χ2v) is 6.71. The number of hydrogen-bond acceptors (Lipinski definition) is 7. The molecule has 164 valence electrons. The van der Waals surface area contributed by atoms with Crippen LogP contribution < -0.4 is 19.5 Å². The summed E-state index contributed by atoms with van der Waals surface area (Å²) in [5.74, 6) is 1.30. The molecular weight excluding hydrogens is 412 g/mol. The molecule has 10 heteroatoms. The predicted octanol–water partition coefficient (Wildman–Crippen LogP) is 2.83. The van der Waals surface area contributed by atoms with Crippen molar-refractivity contribution in [3.63, 3.8) is 0 Å². The molecule has 32 heavy (non-hydrogen) atoms. The minimum atomic E-state index is -0.420. The van der Waals surface area contributed by atoms with Crippen molar-refractivity contribution in [1.29, 1.82) is 0 Å². The van der Waals surface area contributed by atoms with Gasteiger partial charge in [-0.25, -0.2) is 14.3 Å². The molecule has 1 amide bonds. The third-order valence-corrected chi connectivity index (χ3v) is 4.55. The van der Waals surface area contributed by atoms with Crippen molar-refractivity contribution < 1.29 is 19.0 Å². The van der Waals surface area contributed by atoms with Crippen LogP contribution in [0.25, 0.3) is 0 Å². The number of para-hydroxylation sites is 1. The number of methoxy groups -OCH3 is 2. The molecule has 0 aliphatic rings. The van der Waals surface area contributed by atoms with Gasteiger partial charge in [-0.2, -0.15) is 5.10 Å². The standard InChI is InChI=1S/C22H22N6O4/c1-30-18-9-6-10-19(31-2)20(18)32-15-27-12-11-17(25-27)21(29)24-22-23-14-28(26-22)13-16-7-4-3-5-8-16/h3-12,14H,13,15H2,1-2H3,(H,24,26,29). The fourth-order valence-electron chi connectivity index (χ4n) is 3.01. The van der Waals surface area contributed by atoms with Crippen molar-refractivity contribution >= 4 is 11.9 Å². The molecule has 1 N–H and O–H groups in total. The number of hydrogen-bond donors (Lipinski definition) is 1. The quantitative estimate of drug-likeness (QED) is 0.432. The monoisotopic (exact) mass is 434 g/mol. The summed E-state index contributed by atoms with van der Waals surface area (Å²) in [5.41, 5.74) is 1.29. The van der Waals surface area contributed by atoms with Crippen molar-refractivity contribution in [1.82, 2.24) is 24.5 Å². The maximum absolute atomic E-state index is 12.5. The topological polar surface area (TPSA) is 105 Å². The first-order valence-electron chi connectivity index (χ1n) is 9.78. The van der Waals surface area contributed by atoms with Crippen LogP contribution >= 0.6 is 0 Å². The van der Waals surface area contributed by atoms with Gasteiger partial charge in [0.2, 0.25) is 11.7 Å². The van der Waals surface area contributed by atoms with E-state index in [4.69, 9.17) is 14.2 Å². The molecule has 0 atom stereocenters. The fraction of sp³-hybridized carbons (Fsp3) is 0.182. The summed E-state index contributed by atoms with van der Waals surface area (Å²) in [6.07, 6.45) is 3.20. The zero-order valence-corrected chi connectivity index (χ0v) is 17.6. The smallest absolute Gasteiger partial charge is 0.278 e. The van der Waals surface area contributed by atoms with Gasteiger partial charge in [-0.3, -0.25) is 10.1 Å². The van der Waals surface area contributed by atoms with E-state index in [1.807, 2.05) is 30.3 Å². The normalized spacial score (nSPS) is 10.6. The highest BCUT2D eigenvalue weighted by Crippen LogP contribution is 2.36. The van der Waals surface area contributed by atoms with Crippen LogP contribution in [0.2, 0.25) is 0 Å². The van der Waals surface area contributed by atoms with Crippen LogP contribution in [0.1, 0.15) is 16.1 Å². The van der Waals surface area contributed by atoms with Crippen LogP contribution in [0, 0.1) is 0 Å². The maximum atomic E-state index is 12.5. The zero-order valence-electron chi connectivity index (χ0n) is 17.6. The summed E-state index contributed by atoms with van der Waals surface area (Å²) in [7, 11) is 3.10. The van der Waals surface area contributed by atoms with E-state index in [-0.39, 0.29) is 18.4 Å². The van der Waals surface area contributed by atoms with E-state index in [1.54, 1.807) is 55.7 Å². The van der Waals surface area contributed by atoms with E-state index in [0.717, 1.165) is 5.56 Å². The van der Waals surface area contributed by atoms with Gasteiger partial charge in [0.25, 0.3) is 5.91 Å². The number of nitrogens with zero attached hydrogens (tertiary/aromatic N) is 5. The number of rotatable bonds is 9. The van der Waals surface area contributed by atoms with Gasteiger partial charge >= 0.3 is 0 Å². The molecule has 0 saturated heterocycles. The number of anilines is 1. The Hall–Kier alpha value is -4.34. The third-order valence-electron chi connectivity index (χ3n) is 4.55. The van der Waals surface area contributed by atoms with Gasteiger partial charge in [-0.15, -0.1) is 5.10 Å². The summed E-state index contributed by atoms with van der Waals surface area (Å²) >= 11 is 0. The Balaban J connectivity index is 1.36. The molecule has 0 aliphatic heterocycles. The molecule has 2 heterocycles. The third kappa shape index (κ3) is 4.86. The van der Waals surface area contributed by atoms with E-state index in [2.05, 4.69) is 20.5 Å². The highest BCUT2D eigenvalue weighted by atomic mass is 16.5. The van der Waals surface area contributed by atoms with Crippen molar-refractivity contribution in [2.24, 2.45) is 0 Å². The molecule has 0 unspecified atom stereocenters. The van der Waals surface area contributed by atoms with Crippen LogP contribution in [0.5, 0.6) is 17.2 Å². The second-order valence-electron chi connectivity index (χ2n) is 6.71. The number of ether oxygens (including phenoxy) is 3. The van der Waals surface area contributed by atoms with E-state index in [9.17, 15) is 4.79 Å². The van der Waals surface area contributed by atoms with E-state index >= 15 is 0 Å². The number of amides is 1.